The van der Waals surface area contributed by atoms with Crippen LogP contribution in [0.4, 0.5) is 0 Å². The maximum absolute atomic E-state index is 11.7. The van der Waals surface area contributed by atoms with Gasteiger partial charge in [0.1, 0.15) is 11.4 Å². The van der Waals surface area contributed by atoms with Crippen LogP contribution in [-0.4, -0.2) is 16.6 Å². The third-order valence-corrected chi connectivity index (χ3v) is 3.77. The molecule has 2 rings (SSSR count). The Bertz CT molecular complexity index is 462. The zero-order valence-corrected chi connectivity index (χ0v) is 11.6. The molecule has 0 unspecified atom stereocenters. The van der Waals surface area contributed by atoms with E-state index in [0.717, 1.165) is 25.7 Å². The molecule has 5 heteroatoms. The monoisotopic (exact) mass is 265 g/mol. The SMILES string of the molecule is CCOC1(c2nc(CN)cc(=O)[nH]2)CCCCCC1. The predicted molar refractivity (Wildman–Crippen MR) is 73.8 cm³/mol. The predicted octanol–water partition coefficient (Wildman–Crippen LogP) is 1.81. The molecule has 0 aliphatic heterocycles. The van der Waals surface area contributed by atoms with Crippen molar-refractivity contribution in [2.75, 3.05) is 6.61 Å². The van der Waals surface area contributed by atoms with Crippen LogP contribution >= 0.6 is 0 Å². The Morgan fingerprint density at radius 3 is 2.63 bits per heavy atom. The van der Waals surface area contributed by atoms with Crippen LogP contribution < -0.4 is 11.3 Å². The molecule has 1 aromatic heterocycles. The summed E-state index contributed by atoms with van der Waals surface area (Å²) in [5.74, 6) is 0.657. The Morgan fingerprint density at radius 2 is 2.05 bits per heavy atom. The summed E-state index contributed by atoms with van der Waals surface area (Å²) in [6.45, 7) is 2.88. The Hall–Kier alpha value is -1.20. The van der Waals surface area contributed by atoms with E-state index in [9.17, 15) is 4.79 Å². The lowest BCUT2D eigenvalue weighted by Gasteiger charge is -2.31. The molecule has 3 N–H and O–H groups in total. The summed E-state index contributed by atoms with van der Waals surface area (Å²) in [4.78, 5) is 19.1. The molecule has 0 amide bonds. The molecule has 0 radical (unpaired) electrons. The van der Waals surface area contributed by atoms with Gasteiger partial charge in [-0.15, -0.1) is 0 Å². The van der Waals surface area contributed by atoms with Gasteiger partial charge in [0.2, 0.25) is 0 Å². The van der Waals surface area contributed by atoms with Crippen LogP contribution in [0.25, 0.3) is 0 Å². The number of rotatable bonds is 4. The molecule has 1 aliphatic carbocycles. The number of nitrogens with two attached hydrogens (primary N) is 1. The molecule has 1 fully saturated rings. The fourth-order valence-electron chi connectivity index (χ4n) is 2.85. The minimum atomic E-state index is -0.435. The summed E-state index contributed by atoms with van der Waals surface area (Å²) in [7, 11) is 0. The lowest BCUT2D eigenvalue weighted by Crippen LogP contribution is -2.34. The quantitative estimate of drug-likeness (QED) is 0.814. The lowest BCUT2D eigenvalue weighted by atomic mass is 9.93. The van der Waals surface area contributed by atoms with Gasteiger partial charge in [0.15, 0.2) is 0 Å². The third kappa shape index (κ3) is 3.22. The highest BCUT2D eigenvalue weighted by Crippen LogP contribution is 2.37. The van der Waals surface area contributed by atoms with E-state index in [1.54, 1.807) is 0 Å². The minimum absolute atomic E-state index is 0.145. The van der Waals surface area contributed by atoms with E-state index in [4.69, 9.17) is 10.5 Å². The first-order valence-corrected chi connectivity index (χ1v) is 7.15. The van der Waals surface area contributed by atoms with Gasteiger partial charge in [-0.05, 0) is 19.8 Å². The molecule has 1 aliphatic rings. The van der Waals surface area contributed by atoms with Crippen molar-refractivity contribution in [3.63, 3.8) is 0 Å². The topological polar surface area (TPSA) is 81.0 Å². The van der Waals surface area contributed by atoms with Crippen molar-refractivity contribution in [1.82, 2.24) is 9.97 Å². The van der Waals surface area contributed by atoms with Gasteiger partial charge in [0, 0.05) is 19.2 Å². The minimum Gasteiger partial charge on any atom is -0.367 e. The first-order chi connectivity index (χ1) is 9.20. The van der Waals surface area contributed by atoms with Gasteiger partial charge < -0.3 is 15.5 Å². The van der Waals surface area contributed by atoms with Crippen molar-refractivity contribution < 1.29 is 4.74 Å². The second kappa shape index (κ2) is 6.30. The van der Waals surface area contributed by atoms with Crippen molar-refractivity contribution in [3.8, 4) is 0 Å². The second-order valence-electron chi connectivity index (χ2n) is 5.13. The van der Waals surface area contributed by atoms with Gasteiger partial charge >= 0.3 is 0 Å². The summed E-state index contributed by atoms with van der Waals surface area (Å²) in [6.07, 6.45) is 6.48. The summed E-state index contributed by atoms with van der Waals surface area (Å²) >= 11 is 0. The van der Waals surface area contributed by atoms with Crippen LogP contribution in [0.2, 0.25) is 0 Å². The van der Waals surface area contributed by atoms with E-state index in [0.29, 0.717) is 18.1 Å². The number of aromatic amines is 1. The Kier molecular flexibility index (Phi) is 4.71. The second-order valence-corrected chi connectivity index (χ2v) is 5.13. The lowest BCUT2D eigenvalue weighted by molar-refractivity contribution is -0.0627. The first-order valence-electron chi connectivity index (χ1n) is 7.15. The Balaban J connectivity index is 2.42. The molecular formula is C14H23N3O2. The molecule has 0 aromatic carbocycles. The van der Waals surface area contributed by atoms with Crippen molar-refractivity contribution in [2.45, 2.75) is 57.6 Å². The molecule has 1 saturated carbocycles. The standard InChI is InChI=1S/C14H23N3O2/c1-2-19-14(7-5-3-4-6-8-14)13-16-11(10-15)9-12(18)17-13/h9H,2-8,10,15H2,1H3,(H,16,17,18). The average molecular weight is 265 g/mol. The molecule has 0 saturated heterocycles. The van der Waals surface area contributed by atoms with Gasteiger partial charge in [0.25, 0.3) is 5.56 Å². The van der Waals surface area contributed by atoms with E-state index in [-0.39, 0.29) is 12.1 Å². The smallest absolute Gasteiger partial charge is 0.251 e. The molecular weight excluding hydrogens is 242 g/mol. The highest BCUT2D eigenvalue weighted by atomic mass is 16.5. The van der Waals surface area contributed by atoms with Gasteiger partial charge in [-0.3, -0.25) is 4.79 Å². The zero-order valence-electron chi connectivity index (χ0n) is 11.6. The molecule has 106 valence electrons. The fourth-order valence-corrected chi connectivity index (χ4v) is 2.85. The number of nitrogens with one attached hydrogen (secondary N) is 1. The molecule has 5 nitrogen and oxygen atoms in total. The number of hydrogen-bond donors (Lipinski definition) is 2. The average Bonchev–Trinajstić information content (AvgIpc) is 2.65. The van der Waals surface area contributed by atoms with E-state index >= 15 is 0 Å². The molecule has 19 heavy (non-hydrogen) atoms. The van der Waals surface area contributed by atoms with Crippen LogP contribution in [0.1, 0.15) is 57.0 Å². The highest BCUT2D eigenvalue weighted by molar-refractivity contribution is 5.09. The molecule has 1 aromatic rings. The number of aromatic nitrogens is 2. The van der Waals surface area contributed by atoms with Gasteiger partial charge in [-0.25, -0.2) is 4.98 Å². The highest BCUT2D eigenvalue weighted by Gasteiger charge is 2.36. The van der Waals surface area contributed by atoms with E-state index in [1.165, 1.54) is 18.9 Å². The summed E-state index contributed by atoms with van der Waals surface area (Å²) in [5.41, 5.74) is 5.66. The van der Waals surface area contributed by atoms with Crippen molar-refractivity contribution >= 4 is 0 Å². The van der Waals surface area contributed by atoms with E-state index in [2.05, 4.69) is 9.97 Å². The molecule has 0 bridgehead atoms. The molecule has 0 spiro atoms. The summed E-state index contributed by atoms with van der Waals surface area (Å²) < 4.78 is 6.02. The maximum atomic E-state index is 11.7. The fraction of sp³-hybridized carbons (Fsp3) is 0.714. The van der Waals surface area contributed by atoms with E-state index in [1.807, 2.05) is 6.92 Å². The van der Waals surface area contributed by atoms with Gasteiger partial charge in [-0.2, -0.15) is 0 Å². The zero-order chi connectivity index (χ0) is 13.7. The largest absolute Gasteiger partial charge is 0.367 e. The number of H-pyrrole nitrogens is 1. The van der Waals surface area contributed by atoms with Crippen LogP contribution in [0, 0.1) is 0 Å². The number of hydrogen-bond acceptors (Lipinski definition) is 4. The summed E-state index contributed by atoms with van der Waals surface area (Å²) in [6, 6.07) is 1.46. The van der Waals surface area contributed by atoms with Crippen molar-refractivity contribution in [3.05, 3.63) is 27.9 Å². The van der Waals surface area contributed by atoms with Crippen LogP contribution in [-0.2, 0) is 16.9 Å². The van der Waals surface area contributed by atoms with E-state index < -0.39 is 5.60 Å². The third-order valence-electron chi connectivity index (χ3n) is 3.77. The van der Waals surface area contributed by atoms with Crippen molar-refractivity contribution in [2.24, 2.45) is 5.73 Å². The Morgan fingerprint density at radius 1 is 1.37 bits per heavy atom. The normalized spacial score (nSPS) is 19.1. The van der Waals surface area contributed by atoms with Crippen LogP contribution in [0.5, 0.6) is 0 Å². The summed E-state index contributed by atoms with van der Waals surface area (Å²) in [5, 5.41) is 0. The number of nitrogens with zero attached hydrogens (tertiary/aromatic N) is 1. The van der Waals surface area contributed by atoms with Crippen LogP contribution in [0.3, 0.4) is 0 Å². The number of ether oxygens (including phenoxy) is 1. The van der Waals surface area contributed by atoms with Gasteiger partial charge in [-0.1, -0.05) is 25.7 Å². The molecule has 1 heterocycles. The van der Waals surface area contributed by atoms with Gasteiger partial charge in [0.05, 0.1) is 5.69 Å². The maximum Gasteiger partial charge on any atom is 0.251 e. The molecule has 0 atom stereocenters. The van der Waals surface area contributed by atoms with Crippen molar-refractivity contribution in [1.29, 1.82) is 0 Å². The van der Waals surface area contributed by atoms with Crippen LogP contribution in [0.15, 0.2) is 10.9 Å². The Labute approximate surface area is 113 Å². The first kappa shape index (κ1) is 14.2.